The molecule has 1 heterocycles. The fourth-order valence-electron chi connectivity index (χ4n) is 1.44. The molecule has 0 aromatic heterocycles. The molecule has 0 bridgehead atoms. The summed E-state index contributed by atoms with van der Waals surface area (Å²) in [6, 6.07) is 0. The van der Waals surface area contributed by atoms with E-state index in [1.54, 1.807) is 7.11 Å². The molecular formula is C11H19NO2. The molecule has 1 rings (SSSR count). The molecule has 3 heteroatoms. The molecular weight excluding hydrogens is 178 g/mol. The van der Waals surface area contributed by atoms with Crippen LogP contribution in [0.3, 0.4) is 0 Å². The van der Waals surface area contributed by atoms with Crippen molar-refractivity contribution in [1.29, 1.82) is 0 Å². The molecule has 0 radical (unpaired) electrons. The van der Waals surface area contributed by atoms with Gasteiger partial charge >= 0.3 is 0 Å². The molecule has 1 unspecified atom stereocenters. The molecule has 0 aromatic carbocycles. The van der Waals surface area contributed by atoms with Gasteiger partial charge in [-0.05, 0) is 13.8 Å². The quantitative estimate of drug-likeness (QED) is 0.650. The first-order chi connectivity index (χ1) is 6.29. The van der Waals surface area contributed by atoms with Gasteiger partial charge in [0.1, 0.15) is 6.23 Å². The number of hydrogen-bond acceptors (Lipinski definition) is 2. The van der Waals surface area contributed by atoms with E-state index in [0.717, 1.165) is 0 Å². The average molecular weight is 197 g/mol. The second-order valence-corrected chi connectivity index (χ2v) is 4.97. The first-order valence-electron chi connectivity index (χ1n) is 4.84. The molecule has 0 aromatic rings. The third-order valence-corrected chi connectivity index (χ3v) is 2.69. The average Bonchev–Trinajstić information content (AvgIpc) is 2.16. The first kappa shape index (κ1) is 11.2. The Kier molecular flexibility index (Phi) is 2.72. The summed E-state index contributed by atoms with van der Waals surface area (Å²) in [4.78, 5) is 11.8. The number of nitrogens with one attached hydrogen (secondary N) is 1. The summed E-state index contributed by atoms with van der Waals surface area (Å²) in [6.07, 6.45) is 3.73. The Balaban J connectivity index is 3.02. The van der Waals surface area contributed by atoms with Crippen LogP contribution in [0.2, 0.25) is 0 Å². The lowest BCUT2D eigenvalue weighted by atomic mass is 9.88. The van der Waals surface area contributed by atoms with Crippen molar-refractivity contribution in [2.45, 2.75) is 33.9 Å². The van der Waals surface area contributed by atoms with Crippen LogP contribution in [0.1, 0.15) is 27.7 Å². The predicted molar refractivity (Wildman–Crippen MR) is 55.6 cm³/mol. The molecule has 0 saturated heterocycles. The highest BCUT2D eigenvalue weighted by Crippen LogP contribution is 2.31. The number of ether oxygens (including phenoxy) is 1. The van der Waals surface area contributed by atoms with E-state index in [0.29, 0.717) is 0 Å². The molecule has 1 N–H and O–H groups in total. The normalized spacial score (nSPS) is 29.5. The lowest BCUT2D eigenvalue weighted by Crippen LogP contribution is -2.47. The lowest BCUT2D eigenvalue weighted by molar-refractivity contribution is -0.132. The standard InChI is InChI=1S/C11H19NO2/c1-10(2)6-7-11(3,4)9(14-5)12-8(10)13/h6-7,9H,1-5H3,(H,12,13). The van der Waals surface area contributed by atoms with Gasteiger partial charge in [0.2, 0.25) is 5.91 Å². The minimum atomic E-state index is -0.454. The van der Waals surface area contributed by atoms with Gasteiger partial charge in [-0.1, -0.05) is 26.0 Å². The zero-order chi connectivity index (χ0) is 11.0. The van der Waals surface area contributed by atoms with Gasteiger partial charge in [0, 0.05) is 12.5 Å². The molecule has 0 aliphatic carbocycles. The first-order valence-corrected chi connectivity index (χ1v) is 4.84. The summed E-state index contributed by atoms with van der Waals surface area (Å²) in [7, 11) is 1.61. The van der Waals surface area contributed by atoms with Crippen molar-refractivity contribution < 1.29 is 9.53 Å². The van der Waals surface area contributed by atoms with Crippen LogP contribution in [0.5, 0.6) is 0 Å². The minimum absolute atomic E-state index is 0.00572. The van der Waals surface area contributed by atoms with E-state index in [-0.39, 0.29) is 17.6 Å². The molecule has 0 saturated carbocycles. The highest BCUT2D eigenvalue weighted by atomic mass is 16.5. The van der Waals surface area contributed by atoms with Crippen molar-refractivity contribution in [2.24, 2.45) is 10.8 Å². The van der Waals surface area contributed by atoms with Gasteiger partial charge in [0.25, 0.3) is 0 Å². The van der Waals surface area contributed by atoms with Gasteiger partial charge < -0.3 is 10.1 Å². The monoisotopic (exact) mass is 197 g/mol. The number of amides is 1. The maximum Gasteiger partial charge on any atom is 0.231 e. The van der Waals surface area contributed by atoms with Crippen LogP contribution in [0, 0.1) is 10.8 Å². The number of hydrogen-bond donors (Lipinski definition) is 1. The van der Waals surface area contributed by atoms with Crippen molar-refractivity contribution >= 4 is 5.91 Å². The molecule has 1 aliphatic rings. The van der Waals surface area contributed by atoms with Crippen molar-refractivity contribution in [1.82, 2.24) is 5.32 Å². The molecule has 1 atom stereocenters. The maximum absolute atomic E-state index is 11.8. The Morgan fingerprint density at radius 3 is 2.36 bits per heavy atom. The van der Waals surface area contributed by atoms with Crippen molar-refractivity contribution in [2.75, 3.05) is 7.11 Å². The minimum Gasteiger partial charge on any atom is -0.361 e. The van der Waals surface area contributed by atoms with Gasteiger partial charge in [-0.3, -0.25) is 4.79 Å². The van der Waals surface area contributed by atoms with Gasteiger partial charge in [-0.15, -0.1) is 0 Å². The second-order valence-electron chi connectivity index (χ2n) is 4.97. The number of carbonyl (C=O) groups excluding carboxylic acids is 1. The highest BCUT2D eigenvalue weighted by Gasteiger charge is 2.36. The molecule has 1 aliphatic heterocycles. The zero-order valence-electron chi connectivity index (χ0n) is 9.55. The van der Waals surface area contributed by atoms with Crippen LogP contribution >= 0.6 is 0 Å². The Bertz CT molecular complexity index is 266. The van der Waals surface area contributed by atoms with Crippen molar-refractivity contribution in [3.8, 4) is 0 Å². The lowest BCUT2D eigenvalue weighted by Gasteiger charge is -2.29. The smallest absolute Gasteiger partial charge is 0.231 e. The molecule has 3 nitrogen and oxygen atoms in total. The summed E-state index contributed by atoms with van der Waals surface area (Å²) in [5.41, 5.74) is -0.622. The predicted octanol–water partition coefficient (Wildman–Crippen LogP) is 1.70. The molecule has 80 valence electrons. The van der Waals surface area contributed by atoms with E-state index in [9.17, 15) is 4.79 Å². The fourth-order valence-corrected chi connectivity index (χ4v) is 1.44. The Morgan fingerprint density at radius 1 is 1.29 bits per heavy atom. The number of rotatable bonds is 1. The van der Waals surface area contributed by atoms with E-state index < -0.39 is 5.41 Å². The Labute approximate surface area is 85.5 Å². The molecule has 0 spiro atoms. The number of methoxy groups -OCH3 is 1. The summed E-state index contributed by atoms with van der Waals surface area (Å²) < 4.78 is 5.27. The van der Waals surface area contributed by atoms with E-state index in [1.807, 2.05) is 39.8 Å². The topological polar surface area (TPSA) is 38.3 Å². The number of carbonyl (C=O) groups is 1. The van der Waals surface area contributed by atoms with E-state index in [1.165, 1.54) is 0 Å². The van der Waals surface area contributed by atoms with Crippen molar-refractivity contribution in [3.05, 3.63) is 12.2 Å². The van der Waals surface area contributed by atoms with E-state index in [2.05, 4.69) is 5.32 Å². The largest absolute Gasteiger partial charge is 0.361 e. The summed E-state index contributed by atoms with van der Waals surface area (Å²) >= 11 is 0. The van der Waals surface area contributed by atoms with Crippen LogP contribution in [-0.4, -0.2) is 19.2 Å². The highest BCUT2D eigenvalue weighted by molar-refractivity contribution is 5.84. The van der Waals surface area contributed by atoms with Crippen LogP contribution in [0.25, 0.3) is 0 Å². The summed E-state index contributed by atoms with van der Waals surface area (Å²) in [5.74, 6) is 0.00572. The van der Waals surface area contributed by atoms with Crippen LogP contribution < -0.4 is 5.32 Å². The van der Waals surface area contributed by atoms with E-state index >= 15 is 0 Å². The van der Waals surface area contributed by atoms with Gasteiger partial charge in [-0.2, -0.15) is 0 Å². The zero-order valence-corrected chi connectivity index (χ0v) is 9.55. The molecule has 1 amide bonds. The maximum atomic E-state index is 11.8. The van der Waals surface area contributed by atoms with Crippen LogP contribution in [0.4, 0.5) is 0 Å². The summed E-state index contributed by atoms with van der Waals surface area (Å²) in [6.45, 7) is 7.87. The molecule has 0 fully saturated rings. The Morgan fingerprint density at radius 2 is 1.86 bits per heavy atom. The third kappa shape index (κ3) is 1.98. The van der Waals surface area contributed by atoms with Gasteiger partial charge in [0.15, 0.2) is 0 Å². The van der Waals surface area contributed by atoms with Crippen LogP contribution in [-0.2, 0) is 9.53 Å². The molecule has 14 heavy (non-hydrogen) atoms. The van der Waals surface area contributed by atoms with Crippen LogP contribution in [0.15, 0.2) is 12.2 Å². The second kappa shape index (κ2) is 3.39. The summed E-state index contributed by atoms with van der Waals surface area (Å²) in [5, 5.41) is 2.89. The Hall–Kier alpha value is -0.830. The fraction of sp³-hybridized carbons (Fsp3) is 0.727. The van der Waals surface area contributed by atoms with Gasteiger partial charge in [-0.25, -0.2) is 0 Å². The third-order valence-electron chi connectivity index (χ3n) is 2.69. The van der Waals surface area contributed by atoms with Crippen molar-refractivity contribution in [3.63, 3.8) is 0 Å². The van der Waals surface area contributed by atoms with E-state index in [4.69, 9.17) is 4.74 Å². The van der Waals surface area contributed by atoms with Gasteiger partial charge in [0.05, 0.1) is 5.41 Å². The SMILES string of the molecule is COC1NC(=O)C(C)(C)C=CC1(C)C.